The van der Waals surface area contributed by atoms with E-state index in [9.17, 15) is 14.4 Å². The molecule has 0 fully saturated rings. The average molecular weight is 540 g/mol. The van der Waals surface area contributed by atoms with Crippen molar-refractivity contribution in [2.75, 3.05) is 54.4 Å². The first-order chi connectivity index (χ1) is 18.3. The lowest BCUT2D eigenvalue weighted by Gasteiger charge is -2.26. The Morgan fingerprint density at radius 3 is 2.13 bits per heavy atom. The van der Waals surface area contributed by atoms with Gasteiger partial charge in [0.05, 0.1) is 0 Å². The van der Waals surface area contributed by atoms with Crippen LogP contribution in [-0.4, -0.2) is 88.0 Å². The lowest BCUT2D eigenvalue weighted by Crippen LogP contribution is -2.49. The van der Waals surface area contributed by atoms with Crippen molar-refractivity contribution in [1.29, 1.82) is 0 Å². The Balaban J connectivity index is 1.97. The minimum absolute atomic E-state index is 0.153. The number of ether oxygens (including phenoxy) is 1. The molecule has 0 aliphatic rings. The molecule has 0 spiro atoms. The Kier molecular flexibility index (Phi) is 12.4. The summed E-state index contributed by atoms with van der Waals surface area (Å²) >= 11 is 0. The highest BCUT2D eigenvalue weighted by atomic mass is 16.5. The van der Waals surface area contributed by atoms with Crippen LogP contribution in [-0.2, 0) is 11.3 Å². The highest BCUT2D eigenvalue weighted by Crippen LogP contribution is 2.21. The number of amides is 3. The monoisotopic (exact) mass is 539 g/mol. The van der Waals surface area contributed by atoms with Crippen LogP contribution in [0.1, 0.15) is 53.5 Å². The fraction of sp³-hybridized carbons (Fsp3) is 0.500. The third-order valence-electron chi connectivity index (χ3n) is 5.86. The quantitative estimate of drug-likeness (QED) is 0.341. The largest absolute Gasteiger partial charge is 0.492 e. The van der Waals surface area contributed by atoms with Crippen molar-refractivity contribution in [3.8, 4) is 5.75 Å². The van der Waals surface area contributed by atoms with Crippen molar-refractivity contribution in [3.63, 3.8) is 0 Å². The number of rotatable bonds is 14. The Hall–Kier alpha value is -3.43. The highest BCUT2D eigenvalue weighted by molar-refractivity contribution is 5.98. The van der Waals surface area contributed by atoms with E-state index < -0.39 is 6.04 Å². The second-order valence-corrected chi connectivity index (χ2v) is 11.4. The van der Waals surface area contributed by atoms with Crippen LogP contribution >= 0.6 is 0 Å². The maximum absolute atomic E-state index is 13.1. The van der Waals surface area contributed by atoms with Crippen molar-refractivity contribution in [2.45, 2.75) is 39.8 Å². The zero-order chi connectivity index (χ0) is 29.0. The van der Waals surface area contributed by atoms with Crippen molar-refractivity contribution < 1.29 is 19.1 Å². The fourth-order valence-electron chi connectivity index (χ4n) is 3.74. The first kappa shape index (κ1) is 31.8. The molecule has 0 saturated carbocycles. The number of likely N-dealkylation sites (N-methyl/N-ethyl adjacent to an activating group) is 2. The summed E-state index contributed by atoms with van der Waals surface area (Å²) in [5, 5.41) is 8.72. The standard InChI is InChI=1S/C30H45N5O4/c1-30(2,3)20-26(29(38)31-15-16-34(4)5)33-28(37)24-10-8-9-22(19-24)21-32-27(36)23-11-13-25(14-12-23)39-18-17-35(6)7/h8-14,19,26H,15-18,20-21H2,1-7H3,(H,31,38)(H,32,36)(H,33,37)/t26-/m0/s1. The molecule has 0 heterocycles. The van der Waals surface area contributed by atoms with Gasteiger partial charge in [0.2, 0.25) is 5.91 Å². The van der Waals surface area contributed by atoms with Gasteiger partial charge in [0, 0.05) is 37.3 Å². The molecular weight excluding hydrogens is 494 g/mol. The lowest BCUT2D eigenvalue weighted by atomic mass is 9.87. The van der Waals surface area contributed by atoms with Crippen molar-refractivity contribution in [1.82, 2.24) is 25.8 Å². The topological polar surface area (TPSA) is 103 Å². The van der Waals surface area contributed by atoms with Gasteiger partial charge in [-0.05, 0) is 82.0 Å². The summed E-state index contributed by atoms with van der Waals surface area (Å²) in [7, 11) is 7.84. The number of nitrogens with one attached hydrogen (secondary N) is 3. The molecule has 2 aromatic rings. The van der Waals surface area contributed by atoms with Gasteiger partial charge in [0.1, 0.15) is 18.4 Å². The first-order valence-corrected chi connectivity index (χ1v) is 13.3. The van der Waals surface area contributed by atoms with E-state index in [-0.39, 0.29) is 29.7 Å². The molecule has 0 aliphatic heterocycles. The molecule has 214 valence electrons. The van der Waals surface area contributed by atoms with Crippen LogP contribution in [0.3, 0.4) is 0 Å². The molecule has 9 nitrogen and oxygen atoms in total. The van der Waals surface area contributed by atoms with Crippen LogP contribution in [0.5, 0.6) is 5.75 Å². The maximum atomic E-state index is 13.1. The maximum Gasteiger partial charge on any atom is 0.251 e. The molecule has 0 aromatic heterocycles. The van der Waals surface area contributed by atoms with Crippen molar-refractivity contribution in [3.05, 3.63) is 65.2 Å². The lowest BCUT2D eigenvalue weighted by molar-refractivity contribution is -0.123. The van der Waals surface area contributed by atoms with E-state index in [1.807, 2.05) is 64.8 Å². The Labute approximate surface area is 233 Å². The first-order valence-electron chi connectivity index (χ1n) is 13.3. The number of carbonyl (C=O) groups excluding carboxylic acids is 3. The SMILES string of the molecule is CN(C)CCNC(=O)[C@H](CC(C)(C)C)NC(=O)c1cccc(CNC(=O)c2ccc(OCCN(C)C)cc2)c1. The van der Waals surface area contributed by atoms with E-state index in [4.69, 9.17) is 4.74 Å². The molecular formula is C30H45N5O4. The second kappa shape index (κ2) is 15.2. The van der Waals surface area contributed by atoms with E-state index in [2.05, 4.69) is 16.0 Å². The molecule has 9 heteroatoms. The predicted octanol–water partition coefficient (Wildman–Crippen LogP) is 2.77. The van der Waals surface area contributed by atoms with Gasteiger partial charge < -0.3 is 30.5 Å². The van der Waals surface area contributed by atoms with Crippen molar-refractivity contribution >= 4 is 17.7 Å². The van der Waals surface area contributed by atoms with E-state index in [0.717, 1.165) is 12.1 Å². The normalized spacial score (nSPS) is 12.2. The number of nitrogens with zero attached hydrogens (tertiary/aromatic N) is 2. The number of benzene rings is 2. The van der Waals surface area contributed by atoms with Crippen LogP contribution in [0, 0.1) is 5.41 Å². The number of hydrogen-bond acceptors (Lipinski definition) is 6. The van der Waals surface area contributed by atoms with Crippen LogP contribution < -0.4 is 20.7 Å². The summed E-state index contributed by atoms with van der Waals surface area (Å²) in [5.41, 5.74) is 1.58. The summed E-state index contributed by atoms with van der Waals surface area (Å²) in [6.07, 6.45) is 0.502. The molecule has 3 amide bonds. The molecule has 2 aromatic carbocycles. The summed E-state index contributed by atoms with van der Waals surface area (Å²) in [6, 6.07) is 13.4. The van der Waals surface area contributed by atoms with Gasteiger partial charge in [-0.3, -0.25) is 14.4 Å². The summed E-state index contributed by atoms with van der Waals surface area (Å²) in [6.45, 7) is 8.96. The zero-order valence-electron chi connectivity index (χ0n) is 24.5. The molecule has 0 saturated heterocycles. The molecule has 1 atom stereocenters. The van der Waals surface area contributed by atoms with Gasteiger partial charge in [-0.1, -0.05) is 32.9 Å². The van der Waals surface area contributed by atoms with Crippen LogP contribution in [0.15, 0.2) is 48.5 Å². The minimum Gasteiger partial charge on any atom is -0.492 e. The molecule has 0 aliphatic carbocycles. The Bertz CT molecular complexity index is 1080. The van der Waals surface area contributed by atoms with Gasteiger partial charge in [-0.2, -0.15) is 0 Å². The highest BCUT2D eigenvalue weighted by Gasteiger charge is 2.26. The summed E-state index contributed by atoms with van der Waals surface area (Å²) in [5.74, 6) is -0.0321. The van der Waals surface area contributed by atoms with Gasteiger partial charge in [0.25, 0.3) is 11.8 Å². The van der Waals surface area contributed by atoms with E-state index >= 15 is 0 Å². The fourth-order valence-corrected chi connectivity index (χ4v) is 3.74. The van der Waals surface area contributed by atoms with E-state index in [1.54, 1.807) is 42.5 Å². The third kappa shape index (κ3) is 12.3. The van der Waals surface area contributed by atoms with Crippen LogP contribution in [0.25, 0.3) is 0 Å². The van der Waals surface area contributed by atoms with E-state index in [1.165, 1.54) is 0 Å². The number of carbonyl (C=O) groups is 3. The summed E-state index contributed by atoms with van der Waals surface area (Å²) < 4.78 is 5.68. The van der Waals surface area contributed by atoms with Crippen molar-refractivity contribution in [2.24, 2.45) is 5.41 Å². The van der Waals surface area contributed by atoms with E-state index in [0.29, 0.717) is 43.0 Å². The zero-order valence-corrected chi connectivity index (χ0v) is 24.5. The molecule has 39 heavy (non-hydrogen) atoms. The molecule has 0 bridgehead atoms. The molecule has 3 N–H and O–H groups in total. The predicted molar refractivity (Wildman–Crippen MR) is 155 cm³/mol. The second-order valence-electron chi connectivity index (χ2n) is 11.4. The van der Waals surface area contributed by atoms with Gasteiger partial charge in [-0.15, -0.1) is 0 Å². The Morgan fingerprint density at radius 2 is 1.51 bits per heavy atom. The van der Waals surface area contributed by atoms with Crippen LogP contribution in [0.4, 0.5) is 0 Å². The van der Waals surface area contributed by atoms with Gasteiger partial charge in [-0.25, -0.2) is 0 Å². The molecule has 0 radical (unpaired) electrons. The summed E-state index contributed by atoms with van der Waals surface area (Å²) in [4.78, 5) is 42.6. The van der Waals surface area contributed by atoms with Crippen LogP contribution in [0.2, 0.25) is 0 Å². The Morgan fingerprint density at radius 1 is 0.846 bits per heavy atom. The van der Waals surface area contributed by atoms with Gasteiger partial charge in [0.15, 0.2) is 0 Å². The number of hydrogen-bond donors (Lipinski definition) is 3. The molecule has 0 unspecified atom stereocenters. The average Bonchev–Trinajstić information content (AvgIpc) is 2.86. The smallest absolute Gasteiger partial charge is 0.251 e. The van der Waals surface area contributed by atoms with Gasteiger partial charge >= 0.3 is 0 Å². The molecule has 2 rings (SSSR count). The minimum atomic E-state index is -0.655. The third-order valence-corrected chi connectivity index (χ3v) is 5.86.